The quantitative estimate of drug-likeness (QED) is 0.228. The van der Waals surface area contributed by atoms with Crippen molar-refractivity contribution in [2.45, 2.75) is 52.2 Å². The second-order valence-corrected chi connectivity index (χ2v) is 7.84. The monoisotopic (exact) mass is 466 g/mol. The van der Waals surface area contributed by atoms with Gasteiger partial charge < -0.3 is 31.2 Å². The summed E-state index contributed by atoms with van der Waals surface area (Å²) in [5, 5.41) is 6.93. The molecule has 5 N–H and O–H groups in total. The van der Waals surface area contributed by atoms with Crippen LogP contribution in [0.4, 0.5) is 4.79 Å². The third-order valence-electron chi connectivity index (χ3n) is 3.63. The first-order chi connectivity index (χ1) is 15.4. The molecule has 0 aromatic carbocycles. The van der Waals surface area contributed by atoms with E-state index in [1.807, 2.05) is 0 Å². The van der Waals surface area contributed by atoms with Crippen molar-refractivity contribution in [2.24, 2.45) is 5.73 Å². The van der Waals surface area contributed by atoms with Crippen LogP contribution in [0.3, 0.4) is 0 Å². The molecule has 11 heteroatoms. The zero-order valence-corrected chi connectivity index (χ0v) is 19.6. The molecule has 0 aliphatic rings. The lowest BCUT2D eigenvalue weighted by molar-refractivity contribution is -0.155. The van der Waals surface area contributed by atoms with E-state index in [-0.39, 0.29) is 26.0 Å². The molecule has 0 saturated heterocycles. The number of esters is 1. The van der Waals surface area contributed by atoms with Crippen molar-refractivity contribution < 1.29 is 33.4 Å². The normalized spacial score (nSPS) is 12.4. The molecule has 0 bridgehead atoms. The van der Waals surface area contributed by atoms with Crippen molar-refractivity contribution in [2.75, 3.05) is 19.7 Å². The Morgan fingerprint density at radius 1 is 1.09 bits per heavy atom. The van der Waals surface area contributed by atoms with Gasteiger partial charge in [0.25, 0.3) is 0 Å². The number of hydrogen-bond donors (Lipinski definition) is 4. The van der Waals surface area contributed by atoms with Crippen LogP contribution in [-0.4, -0.2) is 61.1 Å². The van der Waals surface area contributed by atoms with Crippen LogP contribution in [0, 0.1) is 0 Å². The van der Waals surface area contributed by atoms with Crippen LogP contribution in [0.5, 0.6) is 0 Å². The van der Waals surface area contributed by atoms with Gasteiger partial charge in [0, 0.05) is 6.42 Å². The van der Waals surface area contributed by atoms with E-state index >= 15 is 0 Å². The fourth-order valence-electron chi connectivity index (χ4n) is 2.31. The SMILES string of the molecule is C=C/C=C(\C=C/C)COC(=O)NC(CCC(=O)OC(C)(C)C)C(=O)NCC(=O)NCC(N)=O. The predicted octanol–water partition coefficient (Wildman–Crippen LogP) is 0.609. The highest BCUT2D eigenvalue weighted by molar-refractivity contribution is 5.91. The molecule has 0 spiro atoms. The number of amides is 4. The highest BCUT2D eigenvalue weighted by atomic mass is 16.6. The lowest BCUT2D eigenvalue weighted by atomic mass is 10.1. The molecule has 0 rings (SSSR count). The zero-order chi connectivity index (χ0) is 25.4. The summed E-state index contributed by atoms with van der Waals surface area (Å²) in [5.74, 6) is -2.67. The smallest absolute Gasteiger partial charge is 0.408 e. The van der Waals surface area contributed by atoms with Crippen LogP contribution in [0.25, 0.3) is 0 Å². The van der Waals surface area contributed by atoms with Crippen molar-refractivity contribution in [3.05, 3.63) is 36.5 Å². The summed E-state index contributed by atoms with van der Waals surface area (Å²) in [7, 11) is 0. The fraction of sp³-hybridized carbons (Fsp3) is 0.500. The van der Waals surface area contributed by atoms with Gasteiger partial charge in [-0.15, -0.1) is 0 Å². The van der Waals surface area contributed by atoms with Crippen LogP contribution >= 0.6 is 0 Å². The highest BCUT2D eigenvalue weighted by Crippen LogP contribution is 2.10. The molecular formula is C22H34N4O7. The first-order valence-electron chi connectivity index (χ1n) is 10.3. The molecule has 0 fully saturated rings. The molecule has 0 saturated carbocycles. The topological polar surface area (TPSA) is 166 Å². The zero-order valence-electron chi connectivity index (χ0n) is 19.6. The maximum atomic E-state index is 12.5. The Hall–Kier alpha value is -3.63. The van der Waals surface area contributed by atoms with Gasteiger partial charge in [-0.3, -0.25) is 19.2 Å². The average Bonchev–Trinajstić information content (AvgIpc) is 2.70. The molecular weight excluding hydrogens is 432 g/mol. The van der Waals surface area contributed by atoms with E-state index in [1.165, 1.54) is 6.08 Å². The maximum absolute atomic E-state index is 12.5. The summed E-state index contributed by atoms with van der Waals surface area (Å²) in [6.07, 6.45) is 5.54. The van der Waals surface area contributed by atoms with Gasteiger partial charge in [-0.1, -0.05) is 30.9 Å². The van der Waals surface area contributed by atoms with E-state index in [2.05, 4.69) is 22.5 Å². The third-order valence-corrected chi connectivity index (χ3v) is 3.63. The number of primary amides is 1. The molecule has 4 amide bonds. The second-order valence-electron chi connectivity index (χ2n) is 7.84. The van der Waals surface area contributed by atoms with Gasteiger partial charge in [0.05, 0.1) is 13.1 Å². The number of hydrogen-bond acceptors (Lipinski definition) is 7. The first kappa shape index (κ1) is 29.4. The van der Waals surface area contributed by atoms with E-state index in [4.69, 9.17) is 15.2 Å². The number of rotatable bonds is 13. The van der Waals surface area contributed by atoms with Crippen LogP contribution in [-0.2, 0) is 28.7 Å². The number of nitrogens with two attached hydrogens (primary N) is 1. The van der Waals surface area contributed by atoms with Crippen molar-refractivity contribution in [1.29, 1.82) is 0 Å². The number of carbonyl (C=O) groups excluding carboxylic acids is 5. The Balaban J connectivity index is 5.06. The van der Waals surface area contributed by atoms with Crippen molar-refractivity contribution >= 4 is 29.8 Å². The first-order valence-corrected chi connectivity index (χ1v) is 10.3. The molecule has 0 aromatic rings. The van der Waals surface area contributed by atoms with Gasteiger partial charge in [-0.2, -0.15) is 0 Å². The number of nitrogens with one attached hydrogen (secondary N) is 3. The summed E-state index contributed by atoms with van der Waals surface area (Å²) < 4.78 is 10.3. The molecule has 0 radical (unpaired) electrons. The second kappa shape index (κ2) is 15.2. The minimum Gasteiger partial charge on any atom is -0.460 e. The molecule has 0 aromatic heterocycles. The Labute approximate surface area is 193 Å². The largest absolute Gasteiger partial charge is 0.460 e. The minimum absolute atomic E-state index is 0.0713. The highest BCUT2D eigenvalue weighted by Gasteiger charge is 2.25. The summed E-state index contributed by atoms with van der Waals surface area (Å²) in [6, 6.07) is -1.18. The molecule has 1 unspecified atom stereocenters. The lowest BCUT2D eigenvalue weighted by Gasteiger charge is -2.21. The Kier molecular flexibility index (Phi) is 13.5. The van der Waals surface area contributed by atoms with E-state index in [0.717, 1.165) is 0 Å². The molecule has 184 valence electrons. The Morgan fingerprint density at radius 2 is 1.76 bits per heavy atom. The number of allylic oxidation sites excluding steroid dienone is 3. The average molecular weight is 467 g/mol. The van der Waals surface area contributed by atoms with Gasteiger partial charge in [-0.05, 0) is 39.7 Å². The van der Waals surface area contributed by atoms with Crippen LogP contribution in [0.1, 0.15) is 40.5 Å². The van der Waals surface area contributed by atoms with E-state index < -0.39 is 48.0 Å². The Morgan fingerprint density at radius 3 is 2.30 bits per heavy atom. The van der Waals surface area contributed by atoms with Crippen LogP contribution in [0.2, 0.25) is 0 Å². The molecule has 1 atom stereocenters. The van der Waals surface area contributed by atoms with Crippen molar-refractivity contribution in [3.63, 3.8) is 0 Å². The third kappa shape index (κ3) is 15.8. The summed E-state index contributed by atoms with van der Waals surface area (Å²) in [6.45, 7) is 9.58. The van der Waals surface area contributed by atoms with Gasteiger partial charge in [-0.25, -0.2) is 4.79 Å². The maximum Gasteiger partial charge on any atom is 0.408 e. The minimum atomic E-state index is -1.18. The molecule has 11 nitrogen and oxygen atoms in total. The van der Waals surface area contributed by atoms with E-state index in [9.17, 15) is 24.0 Å². The molecule has 0 aliphatic carbocycles. The summed E-state index contributed by atoms with van der Waals surface area (Å²) >= 11 is 0. The van der Waals surface area contributed by atoms with Gasteiger partial charge in [0.15, 0.2) is 0 Å². The predicted molar refractivity (Wildman–Crippen MR) is 122 cm³/mol. The lowest BCUT2D eigenvalue weighted by Crippen LogP contribution is -2.50. The van der Waals surface area contributed by atoms with Gasteiger partial charge >= 0.3 is 12.1 Å². The van der Waals surface area contributed by atoms with Gasteiger partial charge in [0.1, 0.15) is 18.2 Å². The van der Waals surface area contributed by atoms with E-state index in [1.54, 1.807) is 45.9 Å². The Bertz CT molecular complexity index is 782. The molecule has 0 heterocycles. The van der Waals surface area contributed by atoms with E-state index in [0.29, 0.717) is 5.57 Å². The molecule has 0 aliphatic heterocycles. The van der Waals surface area contributed by atoms with Crippen LogP contribution in [0.15, 0.2) is 36.5 Å². The van der Waals surface area contributed by atoms with Crippen molar-refractivity contribution in [3.8, 4) is 0 Å². The molecule has 33 heavy (non-hydrogen) atoms. The number of carbonyl (C=O) groups is 5. The van der Waals surface area contributed by atoms with Crippen LogP contribution < -0.4 is 21.7 Å². The fourth-order valence-corrected chi connectivity index (χ4v) is 2.31. The summed E-state index contributed by atoms with van der Waals surface area (Å²) in [4.78, 5) is 59.2. The summed E-state index contributed by atoms with van der Waals surface area (Å²) in [5.41, 5.74) is 4.90. The number of alkyl carbamates (subject to hydrolysis) is 1. The number of ether oxygens (including phenoxy) is 2. The van der Waals surface area contributed by atoms with Gasteiger partial charge in [0.2, 0.25) is 17.7 Å². The standard InChI is InChI=1S/C22H34N4O7/c1-6-8-15(9-7-2)14-32-21(31)26-16(10-11-19(29)33-22(3,4)5)20(30)25-13-18(28)24-12-17(23)27/h6-9,16H,1,10-14H2,2-5H3,(H2,23,27)(H,24,28)(H,25,30)(H,26,31)/b9-7-,15-8+. The van der Waals surface area contributed by atoms with Crippen molar-refractivity contribution in [1.82, 2.24) is 16.0 Å².